The predicted octanol–water partition coefficient (Wildman–Crippen LogP) is 3.58. The average molecular weight is 295 g/mol. The Morgan fingerprint density at radius 3 is 2.21 bits per heavy atom. The summed E-state index contributed by atoms with van der Waals surface area (Å²) in [4.78, 5) is 5.10. The molecule has 3 nitrogen and oxygen atoms in total. The van der Waals surface area contributed by atoms with Crippen LogP contribution in [0.5, 0.6) is 0 Å². The van der Waals surface area contributed by atoms with Gasteiger partial charge in [-0.15, -0.1) is 11.3 Å². The van der Waals surface area contributed by atoms with Crippen LogP contribution in [0.15, 0.2) is 39.7 Å². The highest BCUT2D eigenvalue weighted by atomic mass is 32.2. The molecule has 0 amide bonds. The highest BCUT2D eigenvalue weighted by Gasteiger charge is 2.22. The molecule has 0 unspecified atom stereocenters. The number of hydrogen-bond donors (Lipinski definition) is 0. The number of aromatic nitrogens is 1. The molecule has 0 aromatic carbocycles. The SMILES string of the molecule is Cc1ccc(S(=O)(=O)c2ccc(C(C)(C)C)cn2)s1. The van der Waals surface area contributed by atoms with Crippen molar-refractivity contribution < 1.29 is 8.42 Å². The first kappa shape index (κ1) is 14.2. The number of hydrogen-bond acceptors (Lipinski definition) is 4. The van der Waals surface area contributed by atoms with Gasteiger partial charge in [-0.3, -0.25) is 0 Å². The molecule has 0 aliphatic rings. The van der Waals surface area contributed by atoms with Crippen LogP contribution in [0, 0.1) is 6.92 Å². The van der Waals surface area contributed by atoms with Gasteiger partial charge in [0, 0.05) is 11.1 Å². The van der Waals surface area contributed by atoms with E-state index in [2.05, 4.69) is 25.8 Å². The topological polar surface area (TPSA) is 47.0 Å². The number of thiophene rings is 1. The Kier molecular flexibility index (Phi) is 3.53. The van der Waals surface area contributed by atoms with E-state index in [0.717, 1.165) is 10.4 Å². The fourth-order valence-electron chi connectivity index (χ4n) is 1.64. The highest BCUT2D eigenvalue weighted by molar-refractivity contribution is 7.93. The summed E-state index contributed by atoms with van der Waals surface area (Å²) in [5.41, 5.74) is 0.989. The first-order valence-corrected chi connectivity index (χ1v) is 8.29. The lowest BCUT2D eigenvalue weighted by molar-refractivity contribution is 0.580. The molecule has 0 bridgehead atoms. The molecule has 0 atom stereocenters. The van der Waals surface area contributed by atoms with Gasteiger partial charge >= 0.3 is 0 Å². The molecular formula is C14H17NO2S2. The molecule has 2 rings (SSSR count). The molecule has 102 valence electrons. The number of aryl methyl sites for hydroxylation is 1. The highest BCUT2D eigenvalue weighted by Crippen LogP contribution is 2.28. The minimum absolute atomic E-state index is 0.0329. The molecule has 0 saturated heterocycles. The monoisotopic (exact) mass is 295 g/mol. The zero-order valence-corrected chi connectivity index (χ0v) is 13.1. The van der Waals surface area contributed by atoms with Crippen molar-refractivity contribution in [2.45, 2.75) is 42.3 Å². The molecule has 0 N–H and O–H groups in total. The van der Waals surface area contributed by atoms with Gasteiger partial charge in [0.25, 0.3) is 0 Å². The van der Waals surface area contributed by atoms with E-state index >= 15 is 0 Å². The minimum atomic E-state index is -3.47. The van der Waals surface area contributed by atoms with E-state index in [1.54, 1.807) is 24.4 Å². The summed E-state index contributed by atoms with van der Waals surface area (Å²) in [6.07, 6.45) is 1.65. The quantitative estimate of drug-likeness (QED) is 0.850. The number of nitrogens with zero attached hydrogens (tertiary/aromatic N) is 1. The summed E-state index contributed by atoms with van der Waals surface area (Å²) in [6.45, 7) is 8.10. The lowest BCUT2D eigenvalue weighted by Gasteiger charge is -2.18. The maximum Gasteiger partial charge on any atom is 0.233 e. The first-order valence-electron chi connectivity index (χ1n) is 5.99. The molecule has 5 heteroatoms. The average Bonchev–Trinajstić information content (AvgIpc) is 2.76. The van der Waals surface area contributed by atoms with Crippen LogP contribution in [0.25, 0.3) is 0 Å². The van der Waals surface area contributed by atoms with Crippen molar-refractivity contribution in [2.24, 2.45) is 0 Å². The molecule has 0 saturated carbocycles. The second-order valence-corrected chi connectivity index (χ2v) is 8.91. The van der Waals surface area contributed by atoms with Crippen LogP contribution in [0.4, 0.5) is 0 Å². The molecule has 2 heterocycles. The lowest BCUT2D eigenvalue weighted by atomic mass is 9.88. The van der Waals surface area contributed by atoms with Crippen LogP contribution in [0.1, 0.15) is 31.2 Å². The van der Waals surface area contributed by atoms with Crippen LogP contribution >= 0.6 is 11.3 Å². The standard InChI is InChI=1S/C14H17NO2S2/c1-10-5-8-13(18-10)19(16,17)12-7-6-11(9-15-12)14(2,3)4/h5-9H,1-4H3. The Morgan fingerprint density at radius 2 is 1.79 bits per heavy atom. The van der Waals surface area contributed by atoms with Crippen LogP contribution in [0.3, 0.4) is 0 Å². The van der Waals surface area contributed by atoms with Crippen molar-refractivity contribution in [3.05, 3.63) is 40.9 Å². The van der Waals surface area contributed by atoms with E-state index < -0.39 is 9.84 Å². The lowest BCUT2D eigenvalue weighted by Crippen LogP contribution is -2.12. The first-order chi connectivity index (χ1) is 8.71. The zero-order valence-electron chi connectivity index (χ0n) is 11.5. The van der Waals surface area contributed by atoms with Crippen molar-refractivity contribution in [1.29, 1.82) is 0 Å². The van der Waals surface area contributed by atoms with Crippen molar-refractivity contribution in [3.8, 4) is 0 Å². The van der Waals surface area contributed by atoms with Gasteiger partial charge < -0.3 is 0 Å². The number of pyridine rings is 1. The molecule has 0 aliphatic heterocycles. The minimum Gasteiger partial charge on any atom is -0.244 e. The maximum absolute atomic E-state index is 12.4. The summed E-state index contributed by atoms with van der Waals surface area (Å²) >= 11 is 1.27. The Labute approximate surface area is 118 Å². The summed E-state index contributed by atoms with van der Waals surface area (Å²) in [6, 6.07) is 6.86. The van der Waals surface area contributed by atoms with E-state index in [9.17, 15) is 8.42 Å². The molecule has 2 aromatic rings. The molecule has 0 fully saturated rings. The predicted molar refractivity (Wildman–Crippen MR) is 77.4 cm³/mol. The van der Waals surface area contributed by atoms with E-state index in [1.165, 1.54) is 11.3 Å². The third kappa shape index (κ3) is 2.87. The van der Waals surface area contributed by atoms with Gasteiger partial charge in [0.1, 0.15) is 4.21 Å². The van der Waals surface area contributed by atoms with E-state index in [4.69, 9.17) is 0 Å². The fraction of sp³-hybridized carbons (Fsp3) is 0.357. The number of rotatable bonds is 2. The van der Waals surface area contributed by atoms with Gasteiger partial charge in [-0.2, -0.15) is 0 Å². The van der Waals surface area contributed by atoms with E-state index in [1.807, 2.05) is 13.0 Å². The van der Waals surface area contributed by atoms with Gasteiger partial charge in [-0.25, -0.2) is 13.4 Å². The summed E-state index contributed by atoms with van der Waals surface area (Å²) < 4.78 is 25.1. The molecule has 0 radical (unpaired) electrons. The van der Waals surface area contributed by atoms with Gasteiger partial charge in [-0.1, -0.05) is 26.8 Å². The Balaban J connectivity index is 2.43. The normalized spacial score (nSPS) is 12.6. The van der Waals surface area contributed by atoms with Gasteiger partial charge in [0.2, 0.25) is 9.84 Å². The smallest absolute Gasteiger partial charge is 0.233 e. The van der Waals surface area contributed by atoms with Crippen LogP contribution in [-0.2, 0) is 15.3 Å². The van der Waals surface area contributed by atoms with Crippen LogP contribution in [0.2, 0.25) is 0 Å². The Morgan fingerprint density at radius 1 is 1.11 bits per heavy atom. The van der Waals surface area contributed by atoms with E-state index in [0.29, 0.717) is 4.21 Å². The van der Waals surface area contributed by atoms with Crippen molar-refractivity contribution in [1.82, 2.24) is 4.98 Å². The largest absolute Gasteiger partial charge is 0.244 e. The van der Waals surface area contributed by atoms with Crippen LogP contribution in [-0.4, -0.2) is 13.4 Å². The summed E-state index contributed by atoms with van der Waals surface area (Å²) in [5, 5.41) is 0.113. The van der Waals surface area contributed by atoms with E-state index in [-0.39, 0.29) is 10.4 Å². The number of sulfone groups is 1. The van der Waals surface area contributed by atoms with Crippen molar-refractivity contribution in [3.63, 3.8) is 0 Å². The molecular weight excluding hydrogens is 278 g/mol. The molecule has 0 spiro atoms. The fourth-order valence-corrected chi connectivity index (χ4v) is 4.21. The summed E-state index contributed by atoms with van der Waals surface area (Å²) in [5.74, 6) is 0. The van der Waals surface area contributed by atoms with Gasteiger partial charge in [-0.05, 0) is 36.1 Å². The molecule has 19 heavy (non-hydrogen) atoms. The Bertz CT molecular complexity index is 677. The Hall–Kier alpha value is -1.20. The third-order valence-corrected chi connectivity index (χ3v) is 6.02. The molecule has 2 aromatic heterocycles. The van der Waals surface area contributed by atoms with Gasteiger partial charge in [0.05, 0.1) is 0 Å². The van der Waals surface area contributed by atoms with Crippen molar-refractivity contribution in [2.75, 3.05) is 0 Å². The third-order valence-electron chi connectivity index (χ3n) is 2.86. The second kappa shape index (κ2) is 4.72. The van der Waals surface area contributed by atoms with Crippen molar-refractivity contribution >= 4 is 21.2 Å². The van der Waals surface area contributed by atoms with Gasteiger partial charge in [0.15, 0.2) is 5.03 Å². The zero-order chi connectivity index (χ0) is 14.3. The van der Waals surface area contributed by atoms with Crippen LogP contribution < -0.4 is 0 Å². The molecule has 0 aliphatic carbocycles. The maximum atomic E-state index is 12.4. The summed E-state index contributed by atoms with van der Waals surface area (Å²) in [7, 11) is -3.47. The second-order valence-electron chi connectivity index (χ2n) is 5.50.